The van der Waals surface area contributed by atoms with E-state index in [4.69, 9.17) is 15.2 Å². The minimum absolute atomic E-state index is 0.109. The third-order valence-electron chi connectivity index (χ3n) is 4.35. The van der Waals surface area contributed by atoms with Crippen molar-refractivity contribution in [3.63, 3.8) is 0 Å². The van der Waals surface area contributed by atoms with Gasteiger partial charge in [0.1, 0.15) is 13.2 Å². The van der Waals surface area contributed by atoms with E-state index in [1.807, 2.05) is 24.3 Å². The summed E-state index contributed by atoms with van der Waals surface area (Å²) in [6.45, 7) is 5.22. The molecule has 6 nitrogen and oxygen atoms in total. The van der Waals surface area contributed by atoms with Crippen LogP contribution < -0.4 is 19.9 Å². The van der Waals surface area contributed by atoms with E-state index in [-0.39, 0.29) is 11.4 Å². The maximum atomic E-state index is 12.5. The molecule has 1 aliphatic rings. The van der Waals surface area contributed by atoms with Crippen LogP contribution in [0.1, 0.15) is 36.9 Å². The second-order valence-corrected chi connectivity index (χ2v) is 8.35. The van der Waals surface area contributed by atoms with Crippen LogP contribution in [0.15, 0.2) is 47.4 Å². The summed E-state index contributed by atoms with van der Waals surface area (Å²) in [6, 6.07) is 12.1. The molecule has 1 atom stereocenters. The van der Waals surface area contributed by atoms with Crippen molar-refractivity contribution in [3.05, 3.63) is 53.6 Å². The lowest BCUT2D eigenvalue weighted by atomic mass is 9.99. The zero-order valence-electron chi connectivity index (χ0n) is 14.9. The molecule has 140 valence electrons. The van der Waals surface area contributed by atoms with Gasteiger partial charge in [-0.3, -0.25) is 0 Å². The molecule has 0 fully saturated rings. The van der Waals surface area contributed by atoms with Gasteiger partial charge in [-0.15, -0.1) is 0 Å². The Morgan fingerprint density at radius 2 is 1.62 bits per heavy atom. The molecule has 2 aromatic rings. The Kier molecular flexibility index (Phi) is 5.50. The van der Waals surface area contributed by atoms with E-state index in [1.165, 1.54) is 17.7 Å². The van der Waals surface area contributed by atoms with Gasteiger partial charge >= 0.3 is 0 Å². The van der Waals surface area contributed by atoms with Crippen molar-refractivity contribution in [1.82, 2.24) is 4.72 Å². The maximum absolute atomic E-state index is 12.5. The standard InChI is InChI=1S/C19H24N2O4S/c1-13(2)14-3-5-15(6-4-14)17(20)12-21-26(22,23)16-7-8-18-19(11-16)25-10-9-24-18/h3-8,11,13,17,21H,9-10,12,20H2,1-2H3. The Morgan fingerprint density at radius 3 is 2.27 bits per heavy atom. The van der Waals surface area contributed by atoms with Gasteiger partial charge in [0, 0.05) is 18.7 Å². The highest BCUT2D eigenvalue weighted by atomic mass is 32.2. The van der Waals surface area contributed by atoms with Crippen LogP contribution in [0, 0.1) is 0 Å². The number of fused-ring (bicyclic) bond motifs is 1. The van der Waals surface area contributed by atoms with Crippen LogP contribution in [-0.4, -0.2) is 28.2 Å². The summed E-state index contributed by atoms with van der Waals surface area (Å²) >= 11 is 0. The molecule has 26 heavy (non-hydrogen) atoms. The number of hydrogen-bond acceptors (Lipinski definition) is 5. The first-order valence-corrected chi connectivity index (χ1v) is 10.1. The molecule has 1 unspecified atom stereocenters. The largest absolute Gasteiger partial charge is 0.486 e. The molecule has 2 aromatic carbocycles. The number of nitrogens with one attached hydrogen (secondary N) is 1. The smallest absolute Gasteiger partial charge is 0.240 e. The first-order chi connectivity index (χ1) is 12.4. The molecule has 3 N–H and O–H groups in total. The van der Waals surface area contributed by atoms with Crippen molar-refractivity contribution in [2.45, 2.75) is 30.7 Å². The minimum atomic E-state index is -3.68. The summed E-state index contributed by atoms with van der Waals surface area (Å²) in [6.07, 6.45) is 0. The van der Waals surface area contributed by atoms with Gasteiger partial charge in [0.2, 0.25) is 10.0 Å². The van der Waals surface area contributed by atoms with E-state index in [9.17, 15) is 8.42 Å². The fourth-order valence-corrected chi connectivity index (χ4v) is 3.79. The molecule has 1 heterocycles. The lowest BCUT2D eigenvalue weighted by Gasteiger charge is -2.19. The molecule has 1 aliphatic heterocycles. The van der Waals surface area contributed by atoms with E-state index < -0.39 is 16.1 Å². The highest BCUT2D eigenvalue weighted by Gasteiger charge is 2.20. The average Bonchev–Trinajstić information content (AvgIpc) is 2.65. The highest BCUT2D eigenvalue weighted by Crippen LogP contribution is 2.32. The molecule has 0 saturated carbocycles. The average molecular weight is 376 g/mol. The summed E-state index contributed by atoms with van der Waals surface area (Å²) in [4.78, 5) is 0.129. The molecule has 0 aromatic heterocycles. The number of benzene rings is 2. The quantitative estimate of drug-likeness (QED) is 0.809. The van der Waals surface area contributed by atoms with E-state index >= 15 is 0 Å². The molecular formula is C19H24N2O4S. The molecule has 0 spiro atoms. The third kappa shape index (κ3) is 4.17. The van der Waals surface area contributed by atoms with Gasteiger partial charge in [-0.2, -0.15) is 0 Å². The Bertz CT molecular complexity index is 864. The molecule has 0 radical (unpaired) electrons. The normalized spacial score (nSPS) is 15.1. The molecule has 3 rings (SSSR count). The van der Waals surface area contributed by atoms with E-state index in [2.05, 4.69) is 18.6 Å². The molecule has 0 aliphatic carbocycles. The summed E-state index contributed by atoms with van der Waals surface area (Å²) in [7, 11) is -3.68. The molecule has 0 amide bonds. The van der Waals surface area contributed by atoms with Crippen LogP contribution in [0.3, 0.4) is 0 Å². The minimum Gasteiger partial charge on any atom is -0.486 e. The van der Waals surface area contributed by atoms with Crippen LogP contribution in [0.4, 0.5) is 0 Å². The van der Waals surface area contributed by atoms with Crippen LogP contribution >= 0.6 is 0 Å². The van der Waals surface area contributed by atoms with Crippen molar-refractivity contribution in [1.29, 1.82) is 0 Å². The van der Waals surface area contributed by atoms with Crippen LogP contribution in [0.25, 0.3) is 0 Å². The molecule has 7 heteroatoms. The molecule has 0 saturated heterocycles. The zero-order valence-corrected chi connectivity index (χ0v) is 15.8. The summed E-state index contributed by atoms with van der Waals surface area (Å²) in [5.74, 6) is 1.43. The number of sulfonamides is 1. The van der Waals surface area contributed by atoms with E-state index in [1.54, 1.807) is 6.07 Å². The van der Waals surface area contributed by atoms with Crippen LogP contribution in [-0.2, 0) is 10.0 Å². The van der Waals surface area contributed by atoms with Crippen molar-refractivity contribution < 1.29 is 17.9 Å². The van der Waals surface area contributed by atoms with Gasteiger partial charge in [-0.05, 0) is 29.2 Å². The van der Waals surface area contributed by atoms with Crippen molar-refractivity contribution in [2.24, 2.45) is 5.73 Å². The van der Waals surface area contributed by atoms with Gasteiger partial charge in [-0.25, -0.2) is 13.1 Å². The third-order valence-corrected chi connectivity index (χ3v) is 5.77. The maximum Gasteiger partial charge on any atom is 0.240 e. The summed E-state index contributed by atoms with van der Waals surface area (Å²) in [5, 5.41) is 0. The Hall–Kier alpha value is -2.09. The second kappa shape index (κ2) is 7.65. The zero-order chi connectivity index (χ0) is 18.7. The predicted octanol–water partition coefficient (Wildman–Crippen LogP) is 2.56. The monoisotopic (exact) mass is 376 g/mol. The van der Waals surface area contributed by atoms with Gasteiger partial charge in [0.05, 0.1) is 4.90 Å². The summed E-state index contributed by atoms with van der Waals surface area (Å²) in [5.41, 5.74) is 8.25. The fraction of sp³-hybridized carbons (Fsp3) is 0.368. The van der Waals surface area contributed by atoms with Crippen molar-refractivity contribution in [2.75, 3.05) is 19.8 Å². The Morgan fingerprint density at radius 1 is 1.00 bits per heavy atom. The van der Waals surface area contributed by atoms with Gasteiger partial charge < -0.3 is 15.2 Å². The second-order valence-electron chi connectivity index (χ2n) is 6.59. The number of rotatable bonds is 6. The van der Waals surface area contributed by atoms with Gasteiger partial charge in [-0.1, -0.05) is 38.1 Å². The van der Waals surface area contributed by atoms with Crippen LogP contribution in [0.2, 0.25) is 0 Å². The predicted molar refractivity (Wildman–Crippen MR) is 100 cm³/mol. The Balaban J connectivity index is 1.67. The lowest BCUT2D eigenvalue weighted by Crippen LogP contribution is -2.32. The first kappa shape index (κ1) is 18.7. The fourth-order valence-electron chi connectivity index (χ4n) is 2.72. The molecule has 0 bridgehead atoms. The van der Waals surface area contributed by atoms with Crippen molar-refractivity contribution >= 4 is 10.0 Å². The van der Waals surface area contributed by atoms with E-state index in [0.29, 0.717) is 30.6 Å². The lowest BCUT2D eigenvalue weighted by molar-refractivity contribution is 0.171. The SMILES string of the molecule is CC(C)c1ccc(C(N)CNS(=O)(=O)c2ccc3c(c2)OCCO3)cc1. The first-order valence-electron chi connectivity index (χ1n) is 8.61. The van der Waals surface area contributed by atoms with E-state index in [0.717, 1.165) is 5.56 Å². The van der Waals surface area contributed by atoms with Crippen LogP contribution in [0.5, 0.6) is 11.5 Å². The Labute approximate surface area is 154 Å². The number of nitrogens with two attached hydrogens (primary N) is 1. The van der Waals surface area contributed by atoms with Gasteiger partial charge in [0.25, 0.3) is 0 Å². The number of hydrogen-bond donors (Lipinski definition) is 2. The van der Waals surface area contributed by atoms with Gasteiger partial charge in [0.15, 0.2) is 11.5 Å². The topological polar surface area (TPSA) is 90.7 Å². The summed E-state index contributed by atoms with van der Waals surface area (Å²) < 4.78 is 38.5. The highest BCUT2D eigenvalue weighted by molar-refractivity contribution is 7.89. The van der Waals surface area contributed by atoms with Crippen molar-refractivity contribution in [3.8, 4) is 11.5 Å². The number of ether oxygens (including phenoxy) is 2. The molecular weight excluding hydrogens is 352 g/mol.